The van der Waals surface area contributed by atoms with Gasteiger partial charge in [-0.15, -0.1) is 0 Å². The molecule has 2 heterocycles. The Balaban J connectivity index is 1.34. The van der Waals surface area contributed by atoms with Crippen LogP contribution in [0.3, 0.4) is 0 Å². The molecule has 0 aliphatic carbocycles. The van der Waals surface area contributed by atoms with Gasteiger partial charge in [-0.1, -0.05) is 18.2 Å². The number of rotatable bonds is 6. The minimum absolute atomic E-state index is 0.0653. The number of imide groups is 1. The van der Waals surface area contributed by atoms with Crippen LogP contribution in [0.1, 0.15) is 35.7 Å². The molecule has 35 heavy (non-hydrogen) atoms. The molecule has 4 amide bonds. The van der Waals surface area contributed by atoms with E-state index in [-0.39, 0.29) is 18.2 Å². The predicted octanol–water partition coefficient (Wildman–Crippen LogP) is 3.63. The summed E-state index contributed by atoms with van der Waals surface area (Å²) < 4.78 is 5.26. The number of urea groups is 1. The summed E-state index contributed by atoms with van der Waals surface area (Å²) >= 11 is 0. The maximum Gasteiger partial charge on any atom is 0.325 e. The van der Waals surface area contributed by atoms with Gasteiger partial charge in [0.1, 0.15) is 11.3 Å². The zero-order valence-electron chi connectivity index (χ0n) is 19.5. The van der Waals surface area contributed by atoms with Crippen LogP contribution in [0.15, 0.2) is 60.7 Å². The number of nitrogens with zero attached hydrogens (tertiary/aromatic N) is 2. The Bertz CT molecular complexity index is 1370. The van der Waals surface area contributed by atoms with Gasteiger partial charge in [-0.3, -0.25) is 19.3 Å². The van der Waals surface area contributed by atoms with E-state index >= 15 is 0 Å². The second kappa shape index (κ2) is 8.54. The highest BCUT2D eigenvalue weighted by molar-refractivity contribution is 6.11. The molecule has 0 radical (unpaired) electrons. The van der Waals surface area contributed by atoms with Crippen molar-refractivity contribution in [2.75, 3.05) is 25.1 Å². The number of anilines is 1. The first-order chi connectivity index (χ1) is 16.8. The monoisotopic (exact) mass is 471 g/mol. The Morgan fingerprint density at radius 3 is 2.40 bits per heavy atom. The van der Waals surface area contributed by atoms with Crippen molar-refractivity contribution in [2.24, 2.45) is 0 Å². The third-order valence-corrected chi connectivity index (χ3v) is 6.78. The molecule has 8 nitrogen and oxygen atoms in total. The van der Waals surface area contributed by atoms with E-state index in [1.165, 1.54) is 0 Å². The Hall–Kier alpha value is -4.20. The van der Waals surface area contributed by atoms with Crippen molar-refractivity contribution in [3.8, 4) is 5.75 Å². The van der Waals surface area contributed by atoms with Gasteiger partial charge in [-0.05, 0) is 72.1 Å². The Morgan fingerprint density at radius 1 is 1.00 bits per heavy atom. The Kier molecular flexibility index (Phi) is 5.51. The largest absolute Gasteiger partial charge is 0.497 e. The third-order valence-electron chi connectivity index (χ3n) is 6.78. The summed E-state index contributed by atoms with van der Waals surface area (Å²) in [6.45, 7) is 1.94. The number of hydrogen-bond acceptors (Lipinski definition) is 5. The van der Waals surface area contributed by atoms with E-state index in [2.05, 4.69) is 5.32 Å². The van der Waals surface area contributed by atoms with Crippen molar-refractivity contribution >= 4 is 40.1 Å². The molecule has 1 N–H and O–H groups in total. The summed E-state index contributed by atoms with van der Waals surface area (Å²) in [6.07, 6.45) is 1.34. The van der Waals surface area contributed by atoms with Crippen LogP contribution in [0, 0.1) is 0 Å². The van der Waals surface area contributed by atoms with Crippen molar-refractivity contribution in [1.82, 2.24) is 10.2 Å². The number of ether oxygens (including phenoxy) is 1. The Morgan fingerprint density at radius 2 is 1.71 bits per heavy atom. The van der Waals surface area contributed by atoms with Crippen molar-refractivity contribution < 1.29 is 23.9 Å². The number of benzene rings is 3. The van der Waals surface area contributed by atoms with Crippen molar-refractivity contribution in [1.29, 1.82) is 0 Å². The van der Waals surface area contributed by atoms with Crippen LogP contribution in [-0.4, -0.2) is 48.7 Å². The first kappa shape index (κ1) is 22.6. The maximum atomic E-state index is 13.3. The molecule has 3 aromatic rings. The first-order valence-corrected chi connectivity index (χ1v) is 11.5. The van der Waals surface area contributed by atoms with Crippen molar-refractivity contribution in [2.45, 2.75) is 25.3 Å². The normalized spacial score (nSPS) is 20.0. The van der Waals surface area contributed by atoms with Gasteiger partial charge in [0, 0.05) is 24.2 Å². The molecule has 0 spiro atoms. The number of Topliss-reactive ketones (excluding diaryl/α,β-unsaturated/α-hetero) is 1. The van der Waals surface area contributed by atoms with Crippen LogP contribution >= 0.6 is 0 Å². The van der Waals surface area contributed by atoms with Gasteiger partial charge in [0.25, 0.3) is 5.91 Å². The number of amides is 4. The van der Waals surface area contributed by atoms with E-state index in [0.29, 0.717) is 24.1 Å². The standard InChI is InChI=1S/C27H25N3O5/c1-27(20-9-5-19-15-22(35-2)12-8-18(19)14-20)25(33)30(26(34)28-27)16-23(31)17-6-10-21(11-7-17)29-13-3-4-24(29)32/h5-12,14-15H,3-4,13,16H2,1-2H3,(H,28,34)/t27-/m0/s1. The average Bonchev–Trinajstić information content (AvgIpc) is 3.39. The maximum absolute atomic E-state index is 13.3. The lowest BCUT2D eigenvalue weighted by molar-refractivity contribution is -0.130. The number of methoxy groups -OCH3 is 1. The summed E-state index contributed by atoms with van der Waals surface area (Å²) in [5.41, 5.74) is 0.448. The van der Waals surface area contributed by atoms with Crippen LogP contribution in [0.4, 0.5) is 10.5 Å². The van der Waals surface area contributed by atoms with Crippen molar-refractivity contribution in [3.63, 3.8) is 0 Å². The Labute approximate surface area is 202 Å². The lowest BCUT2D eigenvalue weighted by Gasteiger charge is -2.22. The van der Waals surface area contributed by atoms with Gasteiger partial charge < -0.3 is 15.0 Å². The lowest BCUT2D eigenvalue weighted by Crippen LogP contribution is -2.41. The number of carbonyl (C=O) groups excluding carboxylic acids is 4. The summed E-state index contributed by atoms with van der Waals surface area (Å²) in [5, 5.41) is 4.60. The van der Waals surface area contributed by atoms with Gasteiger partial charge in [-0.25, -0.2) is 4.79 Å². The molecule has 0 bridgehead atoms. The first-order valence-electron chi connectivity index (χ1n) is 11.5. The fourth-order valence-corrected chi connectivity index (χ4v) is 4.68. The SMILES string of the molecule is COc1ccc2cc([C@]3(C)NC(=O)N(CC(=O)c4ccc(N5CCCC5=O)cc4)C3=O)ccc2c1. The number of nitrogens with one attached hydrogen (secondary N) is 1. The molecule has 0 unspecified atom stereocenters. The van der Waals surface area contributed by atoms with Gasteiger partial charge in [0.15, 0.2) is 5.78 Å². The highest BCUT2D eigenvalue weighted by Crippen LogP contribution is 2.32. The second-order valence-electron chi connectivity index (χ2n) is 8.99. The molecule has 5 rings (SSSR count). The zero-order valence-corrected chi connectivity index (χ0v) is 19.5. The predicted molar refractivity (Wildman–Crippen MR) is 130 cm³/mol. The quantitative estimate of drug-likeness (QED) is 0.438. The fraction of sp³-hybridized carbons (Fsp3) is 0.259. The lowest BCUT2D eigenvalue weighted by atomic mass is 9.90. The molecule has 2 aliphatic rings. The number of ketones is 1. The van der Waals surface area contributed by atoms with Crippen LogP contribution in [0.25, 0.3) is 10.8 Å². The minimum Gasteiger partial charge on any atom is -0.497 e. The van der Waals surface area contributed by atoms with Crippen LogP contribution in [-0.2, 0) is 15.1 Å². The van der Waals surface area contributed by atoms with E-state index in [0.717, 1.165) is 33.5 Å². The molecule has 0 aromatic heterocycles. The van der Waals surface area contributed by atoms with Crippen LogP contribution < -0.4 is 15.0 Å². The number of hydrogen-bond donors (Lipinski definition) is 1. The highest BCUT2D eigenvalue weighted by Gasteiger charge is 2.49. The molecule has 3 aromatic carbocycles. The van der Waals surface area contributed by atoms with Gasteiger partial charge >= 0.3 is 6.03 Å². The molecule has 2 fully saturated rings. The van der Waals surface area contributed by atoms with Crippen LogP contribution in [0.2, 0.25) is 0 Å². The van der Waals surface area contributed by atoms with E-state index in [9.17, 15) is 19.2 Å². The summed E-state index contributed by atoms with van der Waals surface area (Å²) in [5.74, 6) is -0.0485. The minimum atomic E-state index is -1.29. The number of carbonyl (C=O) groups is 4. The van der Waals surface area contributed by atoms with E-state index in [1.807, 2.05) is 30.3 Å². The summed E-state index contributed by atoms with van der Waals surface area (Å²) in [6, 6.07) is 17.2. The highest BCUT2D eigenvalue weighted by atomic mass is 16.5. The average molecular weight is 472 g/mol. The molecule has 0 saturated carbocycles. The van der Waals surface area contributed by atoms with E-state index in [1.54, 1.807) is 49.3 Å². The fourth-order valence-electron chi connectivity index (χ4n) is 4.68. The van der Waals surface area contributed by atoms with Crippen LogP contribution in [0.5, 0.6) is 5.75 Å². The molecular weight excluding hydrogens is 446 g/mol. The topological polar surface area (TPSA) is 96.0 Å². The zero-order chi connectivity index (χ0) is 24.7. The molecule has 2 saturated heterocycles. The molecule has 8 heteroatoms. The molecule has 178 valence electrons. The molecule has 2 aliphatic heterocycles. The van der Waals surface area contributed by atoms with Gasteiger partial charge in [0.05, 0.1) is 13.7 Å². The number of fused-ring (bicyclic) bond motifs is 1. The molecular formula is C27H25N3O5. The smallest absolute Gasteiger partial charge is 0.325 e. The van der Waals surface area contributed by atoms with E-state index < -0.39 is 17.5 Å². The molecule has 1 atom stereocenters. The summed E-state index contributed by atoms with van der Waals surface area (Å²) in [7, 11) is 1.60. The van der Waals surface area contributed by atoms with E-state index in [4.69, 9.17) is 4.74 Å². The third kappa shape index (κ3) is 3.90. The summed E-state index contributed by atoms with van der Waals surface area (Å²) in [4.78, 5) is 53.6. The van der Waals surface area contributed by atoms with Crippen molar-refractivity contribution in [3.05, 3.63) is 71.8 Å². The second-order valence-corrected chi connectivity index (χ2v) is 8.99. The van der Waals surface area contributed by atoms with Gasteiger partial charge in [0.2, 0.25) is 5.91 Å². The van der Waals surface area contributed by atoms with Gasteiger partial charge in [-0.2, -0.15) is 0 Å².